The minimum Gasteiger partial charge on any atom is -0.357 e. The molecule has 0 radical (unpaired) electrons. The summed E-state index contributed by atoms with van der Waals surface area (Å²) in [6, 6.07) is 0.908. The molecule has 1 amide bonds. The molecular formula is C18H37N5O. The molecule has 0 saturated carbocycles. The number of rotatable bonds is 9. The molecule has 1 unspecified atom stereocenters. The normalized spacial score (nSPS) is 19.4. The molecule has 1 atom stereocenters. The molecule has 0 aliphatic carbocycles. The number of hydrogen-bond donors (Lipinski definition) is 3. The fourth-order valence-electron chi connectivity index (χ4n) is 2.98. The molecule has 1 saturated heterocycles. The van der Waals surface area contributed by atoms with Crippen molar-refractivity contribution in [2.75, 3.05) is 32.7 Å². The Morgan fingerprint density at radius 2 is 2.08 bits per heavy atom. The lowest BCUT2D eigenvalue weighted by atomic mass is 10.0. The zero-order chi connectivity index (χ0) is 17.8. The standard InChI is InChI=1S/C18H37N5O/c1-5-19-18(21-12-10-17(24)22-15(2)3)20-11-8-14-23-13-7-6-9-16(23)4/h15-16H,5-14H2,1-4H3,(H,22,24)(H2,19,20,21). The van der Waals surface area contributed by atoms with Crippen LogP contribution in [0.3, 0.4) is 0 Å². The lowest BCUT2D eigenvalue weighted by Gasteiger charge is -2.33. The fraction of sp³-hybridized carbons (Fsp3) is 0.889. The van der Waals surface area contributed by atoms with Crippen LogP contribution in [-0.2, 0) is 4.79 Å². The Hall–Kier alpha value is -1.30. The molecule has 0 spiro atoms. The van der Waals surface area contributed by atoms with Gasteiger partial charge in [-0.05, 0) is 53.5 Å². The molecule has 24 heavy (non-hydrogen) atoms. The number of aliphatic imine (C=N–C) groups is 1. The van der Waals surface area contributed by atoms with Crippen LogP contribution < -0.4 is 16.0 Å². The SMILES string of the molecule is CCNC(=NCCCN1CCCCC1C)NCCC(=O)NC(C)C. The van der Waals surface area contributed by atoms with Gasteiger partial charge in [-0.2, -0.15) is 0 Å². The second-order valence-corrected chi connectivity index (χ2v) is 6.89. The number of carbonyl (C=O) groups is 1. The van der Waals surface area contributed by atoms with Gasteiger partial charge < -0.3 is 20.9 Å². The molecule has 6 nitrogen and oxygen atoms in total. The molecule has 6 heteroatoms. The molecule has 0 bridgehead atoms. The first kappa shape index (κ1) is 20.7. The highest BCUT2D eigenvalue weighted by atomic mass is 16.1. The fourth-order valence-corrected chi connectivity index (χ4v) is 2.98. The Kier molecular flexibility index (Phi) is 10.5. The Labute approximate surface area is 147 Å². The highest BCUT2D eigenvalue weighted by molar-refractivity contribution is 5.81. The number of likely N-dealkylation sites (tertiary alicyclic amines) is 1. The van der Waals surface area contributed by atoms with Gasteiger partial charge >= 0.3 is 0 Å². The minimum absolute atomic E-state index is 0.0763. The molecule has 140 valence electrons. The van der Waals surface area contributed by atoms with Gasteiger partial charge in [0.25, 0.3) is 0 Å². The lowest BCUT2D eigenvalue weighted by molar-refractivity contribution is -0.121. The largest absolute Gasteiger partial charge is 0.357 e. The molecule has 1 rings (SSSR count). The molecule has 0 aromatic heterocycles. The monoisotopic (exact) mass is 339 g/mol. The van der Waals surface area contributed by atoms with E-state index < -0.39 is 0 Å². The highest BCUT2D eigenvalue weighted by Crippen LogP contribution is 2.16. The van der Waals surface area contributed by atoms with Crippen LogP contribution in [0, 0.1) is 0 Å². The van der Waals surface area contributed by atoms with Crippen molar-refractivity contribution < 1.29 is 4.79 Å². The van der Waals surface area contributed by atoms with Gasteiger partial charge in [-0.25, -0.2) is 0 Å². The maximum Gasteiger partial charge on any atom is 0.221 e. The van der Waals surface area contributed by atoms with Crippen LogP contribution in [0.25, 0.3) is 0 Å². The second kappa shape index (κ2) is 12.1. The average Bonchev–Trinajstić information content (AvgIpc) is 2.52. The van der Waals surface area contributed by atoms with Crippen LogP contribution in [-0.4, -0.2) is 61.6 Å². The molecule has 0 aromatic rings. The second-order valence-electron chi connectivity index (χ2n) is 6.89. The summed E-state index contributed by atoms with van der Waals surface area (Å²) in [6.45, 7) is 12.9. The first-order valence-electron chi connectivity index (χ1n) is 9.58. The van der Waals surface area contributed by atoms with Crippen molar-refractivity contribution in [3.05, 3.63) is 0 Å². The molecule has 1 fully saturated rings. The third-order valence-corrected chi connectivity index (χ3v) is 4.25. The van der Waals surface area contributed by atoms with Crippen molar-refractivity contribution in [2.45, 2.75) is 71.9 Å². The van der Waals surface area contributed by atoms with Gasteiger partial charge in [0.15, 0.2) is 5.96 Å². The summed E-state index contributed by atoms with van der Waals surface area (Å²) < 4.78 is 0. The van der Waals surface area contributed by atoms with E-state index in [4.69, 9.17) is 0 Å². The summed E-state index contributed by atoms with van der Waals surface area (Å²) in [5, 5.41) is 9.37. The number of amides is 1. The van der Waals surface area contributed by atoms with E-state index >= 15 is 0 Å². The van der Waals surface area contributed by atoms with E-state index in [1.54, 1.807) is 0 Å². The molecular weight excluding hydrogens is 302 g/mol. The number of nitrogens with one attached hydrogen (secondary N) is 3. The molecule has 3 N–H and O–H groups in total. The maximum atomic E-state index is 11.6. The van der Waals surface area contributed by atoms with Gasteiger partial charge in [0.05, 0.1) is 0 Å². The average molecular weight is 340 g/mol. The molecule has 1 aliphatic rings. The van der Waals surface area contributed by atoms with Gasteiger partial charge in [0.1, 0.15) is 0 Å². The van der Waals surface area contributed by atoms with Gasteiger partial charge in [-0.3, -0.25) is 9.79 Å². The number of carbonyl (C=O) groups excluding carboxylic acids is 1. The predicted octanol–water partition coefficient (Wildman–Crippen LogP) is 1.72. The Bertz CT molecular complexity index is 384. The number of nitrogens with zero attached hydrogens (tertiary/aromatic N) is 2. The number of piperidine rings is 1. The van der Waals surface area contributed by atoms with Crippen LogP contribution >= 0.6 is 0 Å². The van der Waals surface area contributed by atoms with Crippen LogP contribution in [0.2, 0.25) is 0 Å². The van der Waals surface area contributed by atoms with E-state index in [-0.39, 0.29) is 11.9 Å². The zero-order valence-corrected chi connectivity index (χ0v) is 16.0. The van der Waals surface area contributed by atoms with Crippen LogP contribution in [0.1, 0.15) is 59.8 Å². The van der Waals surface area contributed by atoms with Crippen molar-refractivity contribution in [3.63, 3.8) is 0 Å². The van der Waals surface area contributed by atoms with E-state index in [0.717, 1.165) is 32.0 Å². The first-order valence-corrected chi connectivity index (χ1v) is 9.58. The third kappa shape index (κ3) is 9.11. The summed E-state index contributed by atoms with van der Waals surface area (Å²) >= 11 is 0. The minimum atomic E-state index is 0.0763. The number of hydrogen-bond acceptors (Lipinski definition) is 3. The van der Waals surface area contributed by atoms with Crippen LogP contribution in [0.4, 0.5) is 0 Å². The van der Waals surface area contributed by atoms with Crippen molar-refractivity contribution in [3.8, 4) is 0 Å². The first-order chi connectivity index (χ1) is 11.5. The van der Waals surface area contributed by atoms with Gasteiger partial charge in [-0.1, -0.05) is 6.42 Å². The molecule has 1 aliphatic heterocycles. The summed E-state index contributed by atoms with van der Waals surface area (Å²) in [7, 11) is 0. The summed E-state index contributed by atoms with van der Waals surface area (Å²) in [6.07, 6.45) is 5.57. The van der Waals surface area contributed by atoms with E-state index in [1.807, 2.05) is 13.8 Å². The van der Waals surface area contributed by atoms with Gasteiger partial charge in [0.2, 0.25) is 5.91 Å². The van der Waals surface area contributed by atoms with E-state index in [9.17, 15) is 4.79 Å². The Balaban J connectivity index is 2.25. The summed E-state index contributed by atoms with van der Waals surface area (Å²) in [4.78, 5) is 18.8. The Morgan fingerprint density at radius 3 is 2.75 bits per heavy atom. The summed E-state index contributed by atoms with van der Waals surface area (Å²) in [5.74, 6) is 0.883. The van der Waals surface area contributed by atoms with Crippen LogP contribution in [0.15, 0.2) is 4.99 Å². The Morgan fingerprint density at radius 1 is 1.29 bits per heavy atom. The van der Waals surface area contributed by atoms with E-state index in [0.29, 0.717) is 19.0 Å². The van der Waals surface area contributed by atoms with Gasteiger partial charge in [0, 0.05) is 44.7 Å². The van der Waals surface area contributed by atoms with Crippen LogP contribution in [0.5, 0.6) is 0 Å². The predicted molar refractivity (Wildman–Crippen MR) is 101 cm³/mol. The molecule has 1 heterocycles. The number of guanidine groups is 1. The van der Waals surface area contributed by atoms with Crippen molar-refractivity contribution in [1.29, 1.82) is 0 Å². The summed E-state index contributed by atoms with van der Waals surface area (Å²) in [5.41, 5.74) is 0. The maximum absolute atomic E-state index is 11.6. The molecule has 0 aromatic carbocycles. The third-order valence-electron chi connectivity index (χ3n) is 4.25. The van der Waals surface area contributed by atoms with Crippen molar-refractivity contribution in [1.82, 2.24) is 20.9 Å². The quantitative estimate of drug-likeness (QED) is 0.340. The van der Waals surface area contributed by atoms with E-state index in [1.165, 1.54) is 25.8 Å². The van der Waals surface area contributed by atoms with Crippen molar-refractivity contribution >= 4 is 11.9 Å². The highest BCUT2D eigenvalue weighted by Gasteiger charge is 2.16. The van der Waals surface area contributed by atoms with E-state index in [2.05, 4.69) is 39.7 Å². The smallest absolute Gasteiger partial charge is 0.221 e. The lowest BCUT2D eigenvalue weighted by Crippen LogP contribution is -2.40. The van der Waals surface area contributed by atoms with Crippen molar-refractivity contribution in [2.24, 2.45) is 4.99 Å². The zero-order valence-electron chi connectivity index (χ0n) is 16.0. The topological polar surface area (TPSA) is 68.8 Å². The van der Waals surface area contributed by atoms with Gasteiger partial charge in [-0.15, -0.1) is 0 Å².